The number of nitrogens with two attached hydrogens (primary N) is 1. The molecular formula is C12H14N4O. The number of anilines is 1. The molecule has 1 heterocycles. The third kappa shape index (κ3) is 2.63. The van der Waals surface area contributed by atoms with Crippen LogP contribution < -0.4 is 11.1 Å². The van der Waals surface area contributed by atoms with Crippen LogP contribution in [0.1, 0.15) is 21.5 Å². The van der Waals surface area contributed by atoms with Gasteiger partial charge in [0, 0.05) is 17.7 Å². The van der Waals surface area contributed by atoms with Gasteiger partial charge in [-0.2, -0.15) is 5.10 Å². The molecule has 17 heavy (non-hydrogen) atoms. The molecule has 0 atom stereocenters. The Morgan fingerprint density at radius 1 is 1.53 bits per heavy atom. The van der Waals surface area contributed by atoms with Crippen molar-refractivity contribution < 1.29 is 4.79 Å². The molecule has 0 spiro atoms. The molecule has 0 aliphatic heterocycles. The summed E-state index contributed by atoms with van der Waals surface area (Å²) in [6.45, 7) is 2.32. The molecule has 0 unspecified atom stereocenters. The standard InChI is InChI=1S/C12H14N4O/c1-8-3-2-4-9(5-8)12(17)14-6-10-7-15-16-11(10)13/h2-5,7H,6H2,1H3,(H,14,17)(H3,13,15,16). The minimum absolute atomic E-state index is 0.116. The summed E-state index contributed by atoms with van der Waals surface area (Å²) in [4.78, 5) is 11.8. The van der Waals surface area contributed by atoms with E-state index < -0.39 is 0 Å². The van der Waals surface area contributed by atoms with Gasteiger partial charge in [0.2, 0.25) is 0 Å². The molecule has 2 aromatic rings. The molecule has 5 nitrogen and oxygen atoms in total. The van der Waals surface area contributed by atoms with Crippen molar-refractivity contribution >= 4 is 11.7 Å². The first-order valence-corrected chi connectivity index (χ1v) is 5.29. The minimum atomic E-state index is -0.116. The fourth-order valence-electron chi connectivity index (χ4n) is 1.53. The third-order valence-electron chi connectivity index (χ3n) is 2.47. The number of carbonyl (C=O) groups is 1. The number of H-pyrrole nitrogens is 1. The molecule has 0 fully saturated rings. The number of hydrogen-bond acceptors (Lipinski definition) is 3. The normalized spacial score (nSPS) is 10.2. The Balaban J connectivity index is 2.01. The zero-order chi connectivity index (χ0) is 12.3. The zero-order valence-corrected chi connectivity index (χ0v) is 9.53. The number of nitrogens with one attached hydrogen (secondary N) is 2. The van der Waals surface area contributed by atoms with E-state index in [1.165, 1.54) is 0 Å². The Bertz CT molecular complexity index is 533. The number of benzene rings is 1. The molecule has 0 saturated carbocycles. The largest absolute Gasteiger partial charge is 0.384 e. The lowest BCUT2D eigenvalue weighted by atomic mass is 10.1. The van der Waals surface area contributed by atoms with Gasteiger partial charge in [-0.05, 0) is 19.1 Å². The Morgan fingerprint density at radius 3 is 3.00 bits per heavy atom. The highest BCUT2D eigenvalue weighted by molar-refractivity contribution is 5.94. The van der Waals surface area contributed by atoms with Crippen LogP contribution in [0.15, 0.2) is 30.5 Å². The van der Waals surface area contributed by atoms with Gasteiger partial charge in [-0.25, -0.2) is 0 Å². The van der Waals surface area contributed by atoms with E-state index in [0.717, 1.165) is 11.1 Å². The Labute approximate surface area is 99.0 Å². The van der Waals surface area contributed by atoms with E-state index in [1.807, 2.05) is 25.1 Å². The van der Waals surface area contributed by atoms with E-state index in [-0.39, 0.29) is 5.91 Å². The van der Waals surface area contributed by atoms with Crippen LogP contribution in [0.5, 0.6) is 0 Å². The van der Waals surface area contributed by atoms with Gasteiger partial charge in [-0.3, -0.25) is 9.89 Å². The number of nitrogen functional groups attached to an aromatic ring is 1. The van der Waals surface area contributed by atoms with Gasteiger partial charge in [-0.15, -0.1) is 0 Å². The molecule has 0 radical (unpaired) electrons. The average Bonchev–Trinajstić information content (AvgIpc) is 2.72. The van der Waals surface area contributed by atoms with Gasteiger partial charge in [-0.1, -0.05) is 17.7 Å². The maximum atomic E-state index is 11.8. The third-order valence-corrected chi connectivity index (χ3v) is 2.47. The quantitative estimate of drug-likeness (QED) is 0.741. The number of aromatic nitrogens is 2. The van der Waals surface area contributed by atoms with E-state index >= 15 is 0 Å². The predicted molar refractivity (Wildman–Crippen MR) is 65.3 cm³/mol. The lowest BCUT2D eigenvalue weighted by molar-refractivity contribution is 0.0951. The first-order valence-electron chi connectivity index (χ1n) is 5.29. The molecule has 1 amide bonds. The molecule has 88 valence electrons. The highest BCUT2D eigenvalue weighted by atomic mass is 16.1. The Hall–Kier alpha value is -2.30. The second-order valence-electron chi connectivity index (χ2n) is 3.86. The van der Waals surface area contributed by atoms with Gasteiger partial charge in [0.1, 0.15) is 5.82 Å². The second-order valence-corrected chi connectivity index (χ2v) is 3.86. The van der Waals surface area contributed by atoms with Gasteiger partial charge in [0.05, 0.1) is 6.20 Å². The molecule has 2 rings (SSSR count). The molecule has 4 N–H and O–H groups in total. The number of rotatable bonds is 3. The van der Waals surface area contributed by atoms with Gasteiger partial charge in [0.25, 0.3) is 5.91 Å². The van der Waals surface area contributed by atoms with Gasteiger partial charge >= 0.3 is 0 Å². The van der Waals surface area contributed by atoms with Crippen molar-refractivity contribution in [3.63, 3.8) is 0 Å². The number of nitrogens with zero attached hydrogens (tertiary/aromatic N) is 1. The molecule has 0 bridgehead atoms. The van der Waals surface area contributed by atoms with E-state index in [0.29, 0.717) is 17.9 Å². The Morgan fingerprint density at radius 2 is 2.35 bits per heavy atom. The maximum absolute atomic E-state index is 11.8. The summed E-state index contributed by atoms with van der Waals surface area (Å²) in [5.41, 5.74) is 8.10. The SMILES string of the molecule is Cc1cccc(C(=O)NCc2cn[nH]c2N)c1. The van der Waals surface area contributed by atoms with Crippen molar-refractivity contribution in [2.75, 3.05) is 5.73 Å². The molecule has 0 aliphatic carbocycles. The van der Waals surface area contributed by atoms with Crippen molar-refractivity contribution in [1.82, 2.24) is 15.5 Å². The molecule has 1 aromatic carbocycles. The van der Waals surface area contributed by atoms with Crippen LogP contribution in [-0.2, 0) is 6.54 Å². The smallest absolute Gasteiger partial charge is 0.251 e. The van der Waals surface area contributed by atoms with Crippen LogP contribution in [0.25, 0.3) is 0 Å². The van der Waals surface area contributed by atoms with Crippen LogP contribution in [0, 0.1) is 6.92 Å². The van der Waals surface area contributed by atoms with E-state index in [9.17, 15) is 4.79 Å². The van der Waals surface area contributed by atoms with Crippen molar-refractivity contribution in [3.05, 3.63) is 47.2 Å². The lowest BCUT2D eigenvalue weighted by Gasteiger charge is -2.04. The summed E-state index contributed by atoms with van der Waals surface area (Å²) in [7, 11) is 0. The number of aryl methyl sites for hydroxylation is 1. The molecular weight excluding hydrogens is 216 g/mol. The monoisotopic (exact) mass is 230 g/mol. The highest BCUT2D eigenvalue weighted by Gasteiger charge is 2.07. The van der Waals surface area contributed by atoms with Crippen LogP contribution in [0.4, 0.5) is 5.82 Å². The summed E-state index contributed by atoms with van der Waals surface area (Å²) in [6, 6.07) is 7.43. The van der Waals surface area contributed by atoms with E-state index in [4.69, 9.17) is 5.73 Å². The van der Waals surface area contributed by atoms with Gasteiger partial charge in [0.15, 0.2) is 0 Å². The zero-order valence-electron chi connectivity index (χ0n) is 9.53. The molecule has 0 saturated heterocycles. The van der Waals surface area contributed by atoms with Crippen LogP contribution in [0.3, 0.4) is 0 Å². The number of amides is 1. The summed E-state index contributed by atoms with van der Waals surface area (Å²) in [5, 5.41) is 9.19. The Kier molecular flexibility index (Phi) is 3.09. The van der Waals surface area contributed by atoms with Crippen molar-refractivity contribution in [1.29, 1.82) is 0 Å². The minimum Gasteiger partial charge on any atom is -0.384 e. The maximum Gasteiger partial charge on any atom is 0.251 e. The van der Waals surface area contributed by atoms with E-state index in [1.54, 1.807) is 12.3 Å². The lowest BCUT2D eigenvalue weighted by Crippen LogP contribution is -2.23. The molecule has 0 aliphatic rings. The summed E-state index contributed by atoms with van der Waals surface area (Å²) < 4.78 is 0. The second kappa shape index (κ2) is 4.69. The summed E-state index contributed by atoms with van der Waals surface area (Å²) in [5.74, 6) is 0.365. The fraction of sp³-hybridized carbons (Fsp3) is 0.167. The van der Waals surface area contributed by atoms with Crippen molar-refractivity contribution in [2.45, 2.75) is 13.5 Å². The van der Waals surface area contributed by atoms with Crippen LogP contribution in [0.2, 0.25) is 0 Å². The van der Waals surface area contributed by atoms with Crippen LogP contribution in [-0.4, -0.2) is 16.1 Å². The molecule has 1 aromatic heterocycles. The molecule has 5 heteroatoms. The number of hydrogen-bond donors (Lipinski definition) is 3. The summed E-state index contributed by atoms with van der Waals surface area (Å²) in [6.07, 6.45) is 1.60. The first-order chi connectivity index (χ1) is 8.16. The first kappa shape index (κ1) is 11.2. The highest BCUT2D eigenvalue weighted by Crippen LogP contribution is 2.07. The van der Waals surface area contributed by atoms with E-state index in [2.05, 4.69) is 15.5 Å². The van der Waals surface area contributed by atoms with Crippen molar-refractivity contribution in [3.8, 4) is 0 Å². The number of carbonyl (C=O) groups excluding carboxylic acids is 1. The topological polar surface area (TPSA) is 83.8 Å². The fourth-order valence-corrected chi connectivity index (χ4v) is 1.53. The van der Waals surface area contributed by atoms with Crippen molar-refractivity contribution in [2.24, 2.45) is 0 Å². The van der Waals surface area contributed by atoms with Crippen LogP contribution >= 0.6 is 0 Å². The van der Waals surface area contributed by atoms with Gasteiger partial charge < -0.3 is 11.1 Å². The number of aromatic amines is 1. The predicted octanol–water partition coefficient (Wildman–Crippen LogP) is 1.23. The summed E-state index contributed by atoms with van der Waals surface area (Å²) >= 11 is 0. The average molecular weight is 230 g/mol.